The van der Waals surface area contributed by atoms with Gasteiger partial charge in [-0.1, -0.05) is 5.16 Å². The molecule has 1 saturated carbocycles. The molecule has 1 amide bonds. The second kappa shape index (κ2) is 8.98. The van der Waals surface area contributed by atoms with Crippen LogP contribution < -0.4 is 0 Å². The van der Waals surface area contributed by atoms with E-state index in [1.165, 1.54) is 17.7 Å². The molecule has 7 nitrogen and oxygen atoms in total. The molecule has 162 valence electrons. The van der Waals surface area contributed by atoms with Gasteiger partial charge in [0.25, 0.3) is 5.89 Å². The SMILES string of the molecule is CC(C)(C)OC(=O)N1CCC(OCc2noc(-c3ccc(SC4CC4)cc3)n2)CC1. The van der Waals surface area contributed by atoms with Crippen LogP contribution in [0.3, 0.4) is 0 Å². The van der Waals surface area contributed by atoms with Crippen molar-refractivity contribution in [1.82, 2.24) is 15.0 Å². The maximum atomic E-state index is 12.1. The van der Waals surface area contributed by atoms with E-state index in [1.807, 2.05) is 44.7 Å². The van der Waals surface area contributed by atoms with Crippen LogP contribution in [0.15, 0.2) is 33.7 Å². The van der Waals surface area contributed by atoms with E-state index in [4.69, 9.17) is 14.0 Å². The van der Waals surface area contributed by atoms with Crippen molar-refractivity contribution < 1.29 is 18.8 Å². The van der Waals surface area contributed by atoms with Crippen molar-refractivity contribution in [3.8, 4) is 11.5 Å². The summed E-state index contributed by atoms with van der Waals surface area (Å²) < 4.78 is 16.8. The molecule has 0 bridgehead atoms. The van der Waals surface area contributed by atoms with Crippen LogP contribution in [0.4, 0.5) is 4.79 Å². The summed E-state index contributed by atoms with van der Waals surface area (Å²) in [5, 5.41) is 4.83. The van der Waals surface area contributed by atoms with Crippen molar-refractivity contribution in [2.45, 2.75) is 74.9 Å². The number of carbonyl (C=O) groups is 1. The highest BCUT2D eigenvalue weighted by Crippen LogP contribution is 2.39. The number of amides is 1. The van der Waals surface area contributed by atoms with Gasteiger partial charge in [0.15, 0.2) is 5.82 Å². The van der Waals surface area contributed by atoms with Crippen LogP contribution in [0, 0.1) is 0 Å². The Hall–Kier alpha value is -2.06. The molecule has 2 fully saturated rings. The van der Waals surface area contributed by atoms with E-state index in [1.54, 1.807) is 4.90 Å². The molecule has 1 aliphatic heterocycles. The number of ether oxygens (including phenoxy) is 2. The Kier molecular flexibility index (Phi) is 6.34. The first-order chi connectivity index (χ1) is 14.4. The Balaban J connectivity index is 1.22. The zero-order valence-electron chi connectivity index (χ0n) is 17.8. The molecule has 1 aromatic carbocycles. The molecule has 0 N–H and O–H groups in total. The van der Waals surface area contributed by atoms with E-state index < -0.39 is 5.60 Å². The molecule has 30 heavy (non-hydrogen) atoms. The van der Waals surface area contributed by atoms with Crippen LogP contribution in [0.25, 0.3) is 11.5 Å². The number of rotatable bonds is 6. The first-order valence-corrected chi connectivity index (χ1v) is 11.4. The van der Waals surface area contributed by atoms with Gasteiger partial charge in [-0.25, -0.2) is 4.79 Å². The lowest BCUT2D eigenvalue weighted by Crippen LogP contribution is -2.43. The molecule has 0 spiro atoms. The fourth-order valence-electron chi connectivity index (χ4n) is 3.21. The molecule has 1 saturated heterocycles. The van der Waals surface area contributed by atoms with Gasteiger partial charge in [-0.2, -0.15) is 4.98 Å². The number of thioether (sulfide) groups is 1. The van der Waals surface area contributed by atoms with Crippen LogP contribution in [-0.2, 0) is 16.1 Å². The first kappa shape index (κ1) is 21.2. The third-order valence-electron chi connectivity index (χ3n) is 4.94. The molecule has 2 aliphatic rings. The van der Waals surface area contributed by atoms with Gasteiger partial charge in [-0.05, 0) is 70.7 Å². The maximum Gasteiger partial charge on any atom is 0.410 e. The minimum absolute atomic E-state index is 0.0735. The van der Waals surface area contributed by atoms with Gasteiger partial charge in [-0.3, -0.25) is 0 Å². The van der Waals surface area contributed by atoms with Gasteiger partial charge < -0.3 is 18.9 Å². The van der Waals surface area contributed by atoms with Crippen molar-refractivity contribution >= 4 is 17.9 Å². The third kappa shape index (κ3) is 5.98. The highest BCUT2D eigenvalue weighted by molar-refractivity contribution is 8.00. The quantitative estimate of drug-likeness (QED) is 0.643. The number of aromatic nitrogens is 2. The Morgan fingerprint density at radius 1 is 1.17 bits per heavy atom. The fraction of sp³-hybridized carbons (Fsp3) is 0.591. The van der Waals surface area contributed by atoms with E-state index in [-0.39, 0.29) is 12.2 Å². The van der Waals surface area contributed by atoms with Gasteiger partial charge >= 0.3 is 6.09 Å². The highest BCUT2D eigenvalue weighted by Gasteiger charge is 2.27. The molecule has 8 heteroatoms. The lowest BCUT2D eigenvalue weighted by Gasteiger charge is -2.33. The second-order valence-electron chi connectivity index (χ2n) is 8.84. The number of benzene rings is 1. The predicted octanol–water partition coefficient (Wildman–Crippen LogP) is 4.91. The zero-order valence-corrected chi connectivity index (χ0v) is 18.6. The number of hydrogen-bond donors (Lipinski definition) is 0. The number of piperidine rings is 1. The van der Waals surface area contributed by atoms with Gasteiger partial charge in [0.2, 0.25) is 0 Å². The average Bonchev–Trinajstić information content (AvgIpc) is 3.39. The lowest BCUT2D eigenvalue weighted by atomic mass is 10.1. The molecule has 1 aromatic heterocycles. The molecular weight excluding hydrogens is 402 g/mol. The largest absolute Gasteiger partial charge is 0.444 e. The Morgan fingerprint density at radius 2 is 1.87 bits per heavy atom. The van der Waals surface area contributed by atoms with E-state index in [2.05, 4.69) is 22.3 Å². The fourth-order valence-corrected chi connectivity index (χ4v) is 4.26. The van der Waals surface area contributed by atoms with E-state index in [0.717, 1.165) is 23.7 Å². The molecule has 0 atom stereocenters. The normalized spacial score (nSPS) is 17.9. The highest BCUT2D eigenvalue weighted by atomic mass is 32.2. The van der Waals surface area contributed by atoms with Crippen molar-refractivity contribution in [2.24, 2.45) is 0 Å². The Bertz CT molecular complexity index is 850. The summed E-state index contributed by atoms with van der Waals surface area (Å²) in [7, 11) is 0. The Morgan fingerprint density at radius 3 is 2.50 bits per heavy atom. The van der Waals surface area contributed by atoms with Crippen molar-refractivity contribution in [2.75, 3.05) is 13.1 Å². The van der Waals surface area contributed by atoms with Gasteiger partial charge in [0.05, 0.1) is 6.10 Å². The predicted molar refractivity (Wildman–Crippen MR) is 114 cm³/mol. The van der Waals surface area contributed by atoms with Crippen LogP contribution >= 0.6 is 11.8 Å². The van der Waals surface area contributed by atoms with Gasteiger partial charge in [0, 0.05) is 28.8 Å². The minimum Gasteiger partial charge on any atom is -0.444 e. The summed E-state index contributed by atoms with van der Waals surface area (Å²) in [5.74, 6) is 1.05. The van der Waals surface area contributed by atoms with E-state index in [9.17, 15) is 4.79 Å². The summed E-state index contributed by atoms with van der Waals surface area (Å²) in [6.07, 6.45) is 3.99. The number of nitrogens with zero attached hydrogens (tertiary/aromatic N) is 3. The minimum atomic E-state index is -0.475. The lowest BCUT2D eigenvalue weighted by molar-refractivity contribution is -0.0190. The number of hydrogen-bond acceptors (Lipinski definition) is 7. The summed E-state index contributed by atoms with van der Waals surface area (Å²) in [5.41, 5.74) is 0.441. The van der Waals surface area contributed by atoms with Gasteiger partial charge in [-0.15, -0.1) is 11.8 Å². The molecule has 2 heterocycles. The standard InChI is InChI=1S/C22H29N3O4S/c1-22(2,3)28-21(26)25-12-10-16(11-13-25)27-14-19-23-20(29-24-19)15-4-6-17(7-5-15)30-18-8-9-18/h4-7,16,18H,8-14H2,1-3H3. The average molecular weight is 432 g/mol. The van der Waals surface area contributed by atoms with Crippen molar-refractivity contribution in [3.63, 3.8) is 0 Å². The maximum absolute atomic E-state index is 12.1. The smallest absolute Gasteiger partial charge is 0.410 e. The summed E-state index contributed by atoms with van der Waals surface area (Å²) in [6.45, 7) is 7.19. The molecule has 1 aliphatic carbocycles. The molecule has 4 rings (SSSR count). The summed E-state index contributed by atoms with van der Waals surface area (Å²) >= 11 is 1.93. The van der Waals surface area contributed by atoms with E-state index >= 15 is 0 Å². The topological polar surface area (TPSA) is 77.7 Å². The van der Waals surface area contributed by atoms with Crippen LogP contribution in [0.2, 0.25) is 0 Å². The summed E-state index contributed by atoms with van der Waals surface area (Å²) in [4.78, 5) is 19.6. The first-order valence-electron chi connectivity index (χ1n) is 10.5. The van der Waals surface area contributed by atoms with Crippen LogP contribution in [-0.4, -0.2) is 51.2 Å². The van der Waals surface area contributed by atoms with E-state index in [0.29, 0.717) is 31.4 Å². The number of likely N-dealkylation sites (tertiary alicyclic amines) is 1. The molecule has 2 aromatic rings. The monoisotopic (exact) mass is 431 g/mol. The second-order valence-corrected chi connectivity index (χ2v) is 10.2. The Labute approximate surface area is 181 Å². The van der Waals surface area contributed by atoms with Crippen molar-refractivity contribution in [3.05, 3.63) is 30.1 Å². The molecule has 0 radical (unpaired) electrons. The van der Waals surface area contributed by atoms with Crippen molar-refractivity contribution in [1.29, 1.82) is 0 Å². The molecule has 0 unspecified atom stereocenters. The molecular formula is C22H29N3O4S. The van der Waals surface area contributed by atoms with Crippen LogP contribution in [0.5, 0.6) is 0 Å². The zero-order chi connectivity index (χ0) is 21.1. The number of carbonyl (C=O) groups excluding carboxylic acids is 1. The summed E-state index contributed by atoms with van der Waals surface area (Å²) in [6, 6.07) is 8.26. The third-order valence-corrected chi connectivity index (χ3v) is 6.29. The van der Waals surface area contributed by atoms with Crippen LogP contribution in [0.1, 0.15) is 52.3 Å². The van der Waals surface area contributed by atoms with Gasteiger partial charge in [0.1, 0.15) is 12.2 Å².